The zero-order valence-electron chi connectivity index (χ0n) is 32.0. The van der Waals surface area contributed by atoms with Crippen molar-refractivity contribution in [2.75, 3.05) is 0 Å². The first-order chi connectivity index (χ1) is 28.1. The van der Waals surface area contributed by atoms with Crippen LogP contribution in [0.1, 0.15) is 35.2 Å². The van der Waals surface area contributed by atoms with E-state index in [-0.39, 0.29) is 0 Å². The van der Waals surface area contributed by atoms with Gasteiger partial charge in [0.05, 0.1) is 16.7 Å². The maximum atomic E-state index is 4.40. The highest BCUT2D eigenvalue weighted by molar-refractivity contribution is 6.10. The van der Waals surface area contributed by atoms with E-state index in [4.69, 9.17) is 0 Å². The van der Waals surface area contributed by atoms with E-state index in [0.29, 0.717) is 0 Å². The van der Waals surface area contributed by atoms with Crippen LogP contribution in [0.2, 0.25) is 0 Å². The molecule has 3 heteroatoms. The second-order valence-electron chi connectivity index (χ2n) is 14.4. The number of aliphatic imine (C=N–C) groups is 1. The van der Waals surface area contributed by atoms with Crippen molar-refractivity contribution in [3.05, 3.63) is 211 Å². The Kier molecular flexibility index (Phi) is 9.64. The molecule has 0 radical (unpaired) electrons. The van der Waals surface area contributed by atoms with E-state index in [0.717, 1.165) is 52.9 Å². The molecule has 3 nitrogen and oxygen atoms in total. The van der Waals surface area contributed by atoms with Crippen molar-refractivity contribution >= 4 is 57.9 Å². The van der Waals surface area contributed by atoms with Gasteiger partial charge in [-0.3, -0.25) is 4.99 Å². The van der Waals surface area contributed by atoms with Crippen molar-refractivity contribution in [3.8, 4) is 33.6 Å². The summed E-state index contributed by atoms with van der Waals surface area (Å²) in [6.45, 7) is 12.0. The van der Waals surface area contributed by atoms with E-state index in [1.807, 2.05) is 18.4 Å². The Hall–Kier alpha value is -7.23. The van der Waals surface area contributed by atoms with Crippen LogP contribution < -0.4 is 10.6 Å². The summed E-state index contributed by atoms with van der Waals surface area (Å²) < 4.78 is 4.66. The van der Waals surface area contributed by atoms with Gasteiger partial charge in [-0.15, -0.1) is 0 Å². The molecule has 0 fully saturated rings. The molecule has 0 N–H and O–H groups in total. The van der Waals surface area contributed by atoms with Gasteiger partial charge in [0.2, 0.25) is 0 Å². The summed E-state index contributed by atoms with van der Waals surface area (Å²) in [4.78, 5) is 4.40. The average Bonchev–Trinajstić information content (AvgIpc) is 3.79. The molecule has 9 rings (SSSR count). The summed E-state index contributed by atoms with van der Waals surface area (Å²) in [5, 5.41) is 5.15. The van der Waals surface area contributed by atoms with Crippen LogP contribution in [-0.2, 0) is 6.42 Å². The molecule has 2 aromatic heterocycles. The number of nitrogens with zero attached hydrogens (tertiary/aromatic N) is 3. The zero-order valence-corrected chi connectivity index (χ0v) is 32.0. The first-order valence-corrected chi connectivity index (χ1v) is 19.6. The summed E-state index contributed by atoms with van der Waals surface area (Å²) >= 11 is 0. The second kappa shape index (κ2) is 15.5. The van der Waals surface area contributed by atoms with Crippen LogP contribution in [-0.4, -0.2) is 15.3 Å². The van der Waals surface area contributed by atoms with Gasteiger partial charge < -0.3 is 9.13 Å². The second-order valence-corrected chi connectivity index (χ2v) is 14.4. The van der Waals surface area contributed by atoms with E-state index >= 15 is 0 Å². The molecule has 0 saturated heterocycles. The molecule has 0 amide bonds. The highest BCUT2D eigenvalue weighted by Gasteiger charge is 2.15. The van der Waals surface area contributed by atoms with E-state index < -0.39 is 0 Å². The van der Waals surface area contributed by atoms with Gasteiger partial charge in [0.1, 0.15) is 0 Å². The lowest BCUT2D eigenvalue weighted by Gasteiger charge is -2.11. The SMILES string of the molecule is C=CN=C/C(=C\Cc1ccc(-c2ccc(-n3c(C=C)c(C=C)c4ccccc43)cc2)cc1)c1ccc(-c2ccc(-n3c4c(c5ccccc53)=CCCC=4)cc2)cc1. The van der Waals surface area contributed by atoms with Crippen LogP contribution in [0.15, 0.2) is 183 Å². The minimum Gasteiger partial charge on any atom is -0.310 e. The Labute approximate surface area is 334 Å². The standard InChI is InChI=1S/C54H43N3/c1-4-47-48-13-7-10-16-52(48)56(51(47)5-2)45-33-29-41(30-34-45)39-22-19-38(20-23-39)21-24-44(37-55-6-3)43-27-25-40(26-28-43)42-31-35-46(36-32-42)57-53-17-11-8-14-49(53)50-15-9-12-18-54(50)57/h4-8,10-11,13-20,22-37H,1-3,9,12,21H2/b44-24+,55-37?. The van der Waals surface area contributed by atoms with Gasteiger partial charge >= 0.3 is 0 Å². The third-order valence-corrected chi connectivity index (χ3v) is 11.1. The van der Waals surface area contributed by atoms with Gasteiger partial charge in [-0.05, 0) is 101 Å². The first kappa shape index (κ1) is 35.5. The molecule has 57 heavy (non-hydrogen) atoms. The molecule has 0 saturated carbocycles. The van der Waals surface area contributed by atoms with Crippen molar-refractivity contribution in [3.63, 3.8) is 0 Å². The molecule has 0 atom stereocenters. The Morgan fingerprint density at radius 1 is 0.561 bits per heavy atom. The van der Waals surface area contributed by atoms with Crippen LogP contribution >= 0.6 is 0 Å². The molecule has 2 heterocycles. The maximum absolute atomic E-state index is 4.40. The quantitative estimate of drug-likeness (QED) is 0.118. The molecule has 1 aliphatic rings. The van der Waals surface area contributed by atoms with Crippen molar-refractivity contribution in [1.29, 1.82) is 0 Å². The van der Waals surface area contributed by atoms with Crippen LogP contribution in [0.25, 0.3) is 85.3 Å². The van der Waals surface area contributed by atoms with Gasteiger partial charge in [-0.2, -0.15) is 0 Å². The van der Waals surface area contributed by atoms with Crippen LogP contribution in [0, 0.1) is 0 Å². The Bertz CT molecular complexity index is 2980. The number of rotatable bonds is 11. The number of benzene rings is 6. The molecule has 0 spiro atoms. The molecule has 8 aromatic rings. The van der Waals surface area contributed by atoms with Crippen LogP contribution in [0.4, 0.5) is 0 Å². The molecule has 274 valence electrons. The number of allylic oxidation sites excluding steroid dienone is 2. The van der Waals surface area contributed by atoms with E-state index in [9.17, 15) is 0 Å². The summed E-state index contributed by atoms with van der Waals surface area (Å²) in [7, 11) is 0. The molecular weight excluding hydrogens is 691 g/mol. The van der Waals surface area contributed by atoms with Crippen molar-refractivity contribution in [1.82, 2.24) is 9.13 Å². The molecule has 0 unspecified atom stereocenters. The van der Waals surface area contributed by atoms with Crippen LogP contribution in [0.3, 0.4) is 0 Å². The minimum atomic E-state index is 0.782. The van der Waals surface area contributed by atoms with E-state index in [1.165, 1.54) is 60.4 Å². The van der Waals surface area contributed by atoms with Gasteiger partial charge in [0.15, 0.2) is 0 Å². The third-order valence-electron chi connectivity index (χ3n) is 11.1. The smallest absolute Gasteiger partial charge is 0.0541 e. The normalized spacial score (nSPS) is 12.7. The monoisotopic (exact) mass is 733 g/mol. The summed E-state index contributed by atoms with van der Waals surface area (Å²) in [5.41, 5.74) is 14.9. The topological polar surface area (TPSA) is 22.2 Å². The lowest BCUT2D eigenvalue weighted by atomic mass is 9.98. The molecule has 0 aliphatic heterocycles. The summed E-state index contributed by atoms with van der Waals surface area (Å²) in [5.74, 6) is 0. The van der Waals surface area contributed by atoms with Crippen LogP contribution in [0.5, 0.6) is 0 Å². The Morgan fingerprint density at radius 3 is 1.72 bits per heavy atom. The number of aromatic nitrogens is 2. The van der Waals surface area contributed by atoms with Crippen molar-refractivity contribution < 1.29 is 0 Å². The Morgan fingerprint density at radius 2 is 1.11 bits per heavy atom. The van der Waals surface area contributed by atoms with Gasteiger partial charge in [-0.1, -0.05) is 153 Å². The number of fused-ring (bicyclic) bond motifs is 4. The maximum Gasteiger partial charge on any atom is 0.0541 e. The summed E-state index contributed by atoms with van der Waals surface area (Å²) in [6, 6.07) is 52.4. The van der Waals surface area contributed by atoms with Crippen molar-refractivity contribution in [2.24, 2.45) is 4.99 Å². The average molecular weight is 734 g/mol. The fourth-order valence-electron chi connectivity index (χ4n) is 8.30. The van der Waals surface area contributed by atoms with E-state index in [2.05, 4.69) is 198 Å². The lowest BCUT2D eigenvalue weighted by Crippen LogP contribution is -2.30. The summed E-state index contributed by atoms with van der Waals surface area (Å²) in [6.07, 6.45) is 17.3. The molecule has 6 aromatic carbocycles. The third kappa shape index (κ3) is 6.64. The predicted octanol–water partition coefficient (Wildman–Crippen LogP) is 12.4. The minimum absolute atomic E-state index is 0.782. The highest BCUT2D eigenvalue weighted by Crippen LogP contribution is 2.32. The molecular formula is C54H43N3. The lowest BCUT2D eigenvalue weighted by molar-refractivity contribution is 1.02. The highest BCUT2D eigenvalue weighted by atomic mass is 15.0. The Balaban J connectivity index is 0.918. The van der Waals surface area contributed by atoms with E-state index in [1.54, 1.807) is 6.20 Å². The fraction of sp³-hybridized carbons (Fsp3) is 0.0556. The van der Waals surface area contributed by atoms with Gasteiger partial charge in [0, 0.05) is 50.7 Å². The zero-order chi connectivity index (χ0) is 38.7. The molecule has 1 aliphatic carbocycles. The van der Waals surface area contributed by atoms with Gasteiger partial charge in [-0.25, -0.2) is 0 Å². The number of hydrogen-bond donors (Lipinski definition) is 0. The van der Waals surface area contributed by atoms with Crippen molar-refractivity contribution in [2.45, 2.75) is 19.3 Å². The largest absolute Gasteiger partial charge is 0.310 e. The molecule has 0 bridgehead atoms. The number of para-hydroxylation sites is 2. The van der Waals surface area contributed by atoms with Gasteiger partial charge in [0.25, 0.3) is 0 Å². The first-order valence-electron chi connectivity index (χ1n) is 19.6. The number of hydrogen-bond acceptors (Lipinski definition) is 1. The fourth-order valence-corrected chi connectivity index (χ4v) is 8.30. The predicted molar refractivity (Wildman–Crippen MR) is 245 cm³/mol.